The lowest BCUT2D eigenvalue weighted by Gasteiger charge is -2.52. The van der Waals surface area contributed by atoms with Gasteiger partial charge >= 0.3 is 5.97 Å². The Morgan fingerprint density at radius 2 is 1.70 bits per heavy atom. The first-order chi connectivity index (χ1) is 19.4. The van der Waals surface area contributed by atoms with Crippen molar-refractivity contribution in [3.63, 3.8) is 0 Å². The van der Waals surface area contributed by atoms with Crippen LogP contribution in [0.15, 0.2) is 42.5 Å². The van der Waals surface area contributed by atoms with Gasteiger partial charge in [-0.3, -0.25) is 9.59 Å². The van der Waals surface area contributed by atoms with Gasteiger partial charge in [0, 0.05) is 25.2 Å². The van der Waals surface area contributed by atoms with Gasteiger partial charge in [-0.2, -0.15) is 5.26 Å². The fraction of sp³-hybridized carbons (Fsp3) is 0.583. The summed E-state index contributed by atoms with van der Waals surface area (Å²) in [5, 5.41) is 8.64. The van der Waals surface area contributed by atoms with E-state index >= 15 is 0 Å². The Morgan fingerprint density at radius 3 is 2.42 bits per heavy atom. The van der Waals surface area contributed by atoms with Crippen LogP contribution in [0.2, 0.25) is 0 Å². The number of unbranched alkanes of at least 4 members (excludes halogenated alkanes) is 7. The molecule has 40 heavy (non-hydrogen) atoms. The van der Waals surface area contributed by atoms with Crippen LogP contribution in [0.25, 0.3) is 0 Å². The van der Waals surface area contributed by atoms with Crippen molar-refractivity contribution in [3.8, 4) is 11.8 Å². The molecule has 0 heterocycles. The maximum Gasteiger partial charge on any atom is 0.308 e. The van der Waals surface area contributed by atoms with E-state index in [0.717, 1.165) is 44.9 Å². The number of rotatable bonds is 11. The molecule has 2 fully saturated rings. The predicted molar refractivity (Wildman–Crippen MR) is 158 cm³/mol. The lowest BCUT2D eigenvalue weighted by molar-refractivity contribution is -0.132. The molecule has 4 nitrogen and oxygen atoms in total. The van der Waals surface area contributed by atoms with E-state index in [4.69, 9.17) is 10.00 Å². The van der Waals surface area contributed by atoms with Crippen molar-refractivity contribution in [2.75, 3.05) is 0 Å². The minimum Gasteiger partial charge on any atom is -0.427 e. The molecule has 2 saturated carbocycles. The zero-order valence-electron chi connectivity index (χ0n) is 24.4. The Morgan fingerprint density at radius 1 is 0.975 bits per heavy atom. The van der Waals surface area contributed by atoms with Gasteiger partial charge in [0.2, 0.25) is 0 Å². The van der Waals surface area contributed by atoms with Gasteiger partial charge in [0.25, 0.3) is 0 Å². The number of hydrogen-bond donors (Lipinski definition) is 0. The van der Waals surface area contributed by atoms with Crippen LogP contribution in [0.4, 0.5) is 0 Å². The lowest BCUT2D eigenvalue weighted by Crippen LogP contribution is -2.46. The average Bonchev–Trinajstić information content (AvgIpc) is 3.25. The summed E-state index contributed by atoms with van der Waals surface area (Å²) in [6.07, 6.45) is 15.1. The van der Waals surface area contributed by atoms with E-state index in [-0.39, 0.29) is 11.4 Å². The van der Waals surface area contributed by atoms with Crippen LogP contribution in [0.3, 0.4) is 0 Å². The summed E-state index contributed by atoms with van der Waals surface area (Å²) < 4.78 is 5.42. The summed E-state index contributed by atoms with van der Waals surface area (Å²) in [7, 11) is 0. The number of carbonyl (C=O) groups is 2. The monoisotopic (exact) mass is 539 g/mol. The Labute approximate surface area is 240 Å². The van der Waals surface area contributed by atoms with Crippen molar-refractivity contribution in [2.24, 2.45) is 17.3 Å². The zero-order valence-corrected chi connectivity index (χ0v) is 24.4. The fourth-order valence-electron chi connectivity index (χ4n) is 8.36. The summed E-state index contributed by atoms with van der Waals surface area (Å²) >= 11 is 0. The van der Waals surface area contributed by atoms with Crippen LogP contribution in [-0.2, 0) is 22.4 Å². The highest BCUT2D eigenvalue weighted by atomic mass is 16.5. The second-order valence-corrected chi connectivity index (χ2v) is 12.9. The molecule has 212 valence electrons. The van der Waals surface area contributed by atoms with Gasteiger partial charge in [-0.1, -0.05) is 69.4 Å². The summed E-state index contributed by atoms with van der Waals surface area (Å²) in [5.41, 5.74) is 5.26. The zero-order chi connectivity index (χ0) is 28.1. The molecule has 0 unspecified atom stereocenters. The number of esters is 1. The highest BCUT2D eigenvalue weighted by Crippen LogP contribution is 2.64. The third-order valence-corrected chi connectivity index (χ3v) is 10.3. The van der Waals surface area contributed by atoms with Crippen molar-refractivity contribution in [3.05, 3.63) is 64.7 Å². The van der Waals surface area contributed by atoms with Gasteiger partial charge in [0.15, 0.2) is 0 Å². The van der Waals surface area contributed by atoms with Crippen molar-refractivity contribution in [1.29, 1.82) is 5.26 Å². The van der Waals surface area contributed by atoms with Crippen molar-refractivity contribution in [1.82, 2.24) is 0 Å². The number of hydrogen-bond acceptors (Lipinski definition) is 4. The van der Waals surface area contributed by atoms with E-state index in [9.17, 15) is 9.59 Å². The Hall–Kier alpha value is -2.93. The molecule has 5 atom stereocenters. The van der Waals surface area contributed by atoms with Crippen LogP contribution in [-0.4, -0.2) is 11.8 Å². The number of benzene rings is 2. The molecule has 0 bridgehead atoms. The molecule has 0 amide bonds. The van der Waals surface area contributed by atoms with E-state index in [2.05, 4.69) is 49.4 Å². The van der Waals surface area contributed by atoms with Gasteiger partial charge < -0.3 is 4.74 Å². The Kier molecular flexibility index (Phi) is 9.09. The number of ether oxygens (including phenoxy) is 1. The molecular weight excluding hydrogens is 494 g/mol. The quantitative estimate of drug-likeness (QED) is 0.163. The molecule has 0 spiro atoms. The smallest absolute Gasteiger partial charge is 0.308 e. The number of fused-ring (bicyclic) bond motifs is 5. The standard InChI is InChI=1S/C36H45NO3/c1-25(38)40-29-17-19-30-28(23-29)16-18-31-33-20-21-34(39)36(33,2)24-32(35(30)31)27-14-12-26(13-15-27)11-9-7-5-3-4-6-8-10-22-37/h12-15,17,19,23,31-33,35H,3-11,16,18,20-21,24H2,1-2H3/t31-,32+,33-,35+,36-/m0/s1. The van der Waals surface area contributed by atoms with Crippen LogP contribution < -0.4 is 4.74 Å². The summed E-state index contributed by atoms with van der Waals surface area (Å²) in [6.45, 7) is 3.71. The normalized spacial score (nSPS) is 26.9. The molecule has 5 rings (SSSR count). The third kappa shape index (κ3) is 6.04. The number of nitrogens with zero attached hydrogens (tertiary/aromatic N) is 1. The van der Waals surface area contributed by atoms with E-state index in [1.54, 1.807) is 0 Å². The summed E-state index contributed by atoms with van der Waals surface area (Å²) in [5.74, 6) is 2.53. The number of aryl methyl sites for hydroxylation is 2. The minimum atomic E-state index is -0.281. The second-order valence-electron chi connectivity index (χ2n) is 12.9. The van der Waals surface area contributed by atoms with Gasteiger partial charge in [-0.05, 0) is 103 Å². The molecule has 3 aliphatic rings. The second kappa shape index (κ2) is 12.7. The number of carbonyl (C=O) groups excluding carboxylic acids is 2. The first-order valence-corrected chi connectivity index (χ1v) is 15.7. The SMILES string of the molecule is CC(=O)Oc1ccc2c(c1)CC[C@@H]1[C@@H]2[C@@H](c2ccc(CCCCCCCCCC#N)cc2)C[C@]2(C)C(=O)CC[C@@H]12. The number of nitriles is 1. The van der Waals surface area contributed by atoms with E-state index in [0.29, 0.717) is 41.6 Å². The fourth-order valence-corrected chi connectivity index (χ4v) is 8.36. The van der Waals surface area contributed by atoms with E-state index in [1.165, 1.54) is 67.7 Å². The number of ketones is 1. The maximum absolute atomic E-state index is 13.2. The van der Waals surface area contributed by atoms with Crippen molar-refractivity contribution < 1.29 is 14.3 Å². The molecule has 0 aliphatic heterocycles. The molecule has 4 heteroatoms. The van der Waals surface area contributed by atoms with E-state index < -0.39 is 0 Å². The molecule has 0 saturated heterocycles. The minimum absolute atomic E-state index is 0.214. The predicted octanol–water partition coefficient (Wildman–Crippen LogP) is 8.62. The maximum atomic E-state index is 13.2. The van der Waals surface area contributed by atoms with Crippen LogP contribution in [0.5, 0.6) is 5.75 Å². The van der Waals surface area contributed by atoms with Crippen molar-refractivity contribution in [2.45, 2.75) is 116 Å². The third-order valence-electron chi connectivity index (χ3n) is 10.3. The van der Waals surface area contributed by atoms with Crippen LogP contribution in [0.1, 0.15) is 125 Å². The first-order valence-electron chi connectivity index (χ1n) is 15.7. The Balaban J connectivity index is 1.29. The van der Waals surface area contributed by atoms with Gasteiger partial charge in [-0.25, -0.2) is 0 Å². The van der Waals surface area contributed by atoms with Gasteiger partial charge in [-0.15, -0.1) is 0 Å². The van der Waals surface area contributed by atoms with E-state index in [1.807, 2.05) is 6.07 Å². The van der Waals surface area contributed by atoms with Crippen LogP contribution in [0, 0.1) is 28.6 Å². The summed E-state index contributed by atoms with van der Waals surface area (Å²) in [6, 6.07) is 17.8. The Bertz CT molecular complexity index is 1240. The molecule has 2 aromatic rings. The highest BCUT2D eigenvalue weighted by Gasteiger charge is 2.57. The molecular formula is C36H45NO3. The first kappa shape index (κ1) is 28.6. The molecule has 0 radical (unpaired) electrons. The summed E-state index contributed by atoms with van der Waals surface area (Å²) in [4.78, 5) is 24.8. The van der Waals surface area contributed by atoms with Crippen molar-refractivity contribution >= 4 is 11.8 Å². The average molecular weight is 540 g/mol. The largest absolute Gasteiger partial charge is 0.427 e. The molecule has 2 aromatic carbocycles. The van der Waals surface area contributed by atoms with Crippen LogP contribution >= 0.6 is 0 Å². The molecule has 0 aromatic heterocycles. The van der Waals surface area contributed by atoms with Gasteiger partial charge in [0.05, 0.1) is 6.07 Å². The topological polar surface area (TPSA) is 67.2 Å². The number of Topliss-reactive ketones (excluding diaryl/α,β-unsaturated/α-hetero) is 1. The highest BCUT2D eigenvalue weighted by molar-refractivity contribution is 5.87. The molecule has 3 aliphatic carbocycles. The van der Waals surface area contributed by atoms with Gasteiger partial charge in [0.1, 0.15) is 11.5 Å². The molecule has 0 N–H and O–H groups in total. The lowest BCUT2D eigenvalue weighted by atomic mass is 9.51.